The van der Waals surface area contributed by atoms with Crippen molar-refractivity contribution in [3.05, 3.63) is 18.0 Å². The van der Waals surface area contributed by atoms with Gasteiger partial charge in [-0.3, -0.25) is 0 Å². The number of nitrogens with one attached hydrogen (secondary N) is 2. The van der Waals surface area contributed by atoms with Gasteiger partial charge in [-0.2, -0.15) is 4.31 Å². The van der Waals surface area contributed by atoms with E-state index in [-0.39, 0.29) is 6.10 Å². The maximum absolute atomic E-state index is 12.5. The van der Waals surface area contributed by atoms with E-state index in [0.29, 0.717) is 37.2 Å². The van der Waals surface area contributed by atoms with Crippen LogP contribution in [0.4, 0.5) is 0 Å². The molecule has 2 N–H and O–H groups in total. The average molecular weight is 301 g/mol. The van der Waals surface area contributed by atoms with Crippen LogP contribution in [0.2, 0.25) is 0 Å². The van der Waals surface area contributed by atoms with Gasteiger partial charge in [0.1, 0.15) is 0 Å². The smallest absolute Gasteiger partial charge is 0.244 e. The highest BCUT2D eigenvalue weighted by Crippen LogP contribution is 2.19. The van der Waals surface area contributed by atoms with Gasteiger partial charge in [0.25, 0.3) is 0 Å². The van der Waals surface area contributed by atoms with E-state index in [1.54, 1.807) is 12.3 Å². The first-order chi connectivity index (χ1) is 9.39. The topological polar surface area (TPSA) is 74.4 Å². The van der Waals surface area contributed by atoms with Crippen molar-refractivity contribution >= 4 is 10.0 Å². The highest BCUT2D eigenvalue weighted by atomic mass is 32.2. The van der Waals surface area contributed by atoms with Gasteiger partial charge >= 0.3 is 0 Å². The lowest BCUT2D eigenvalue weighted by Gasteiger charge is -2.29. The van der Waals surface area contributed by atoms with E-state index < -0.39 is 10.0 Å². The molecular weight excluding hydrogens is 278 g/mol. The van der Waals surface area contributed by atoms with E-state index in [4.69, 9.17) is 4.74 Å². The van der Waals surface area contributed by atoms with Crippen molar-refractivity contribution in [1.82, 2.24) is 14.6 Å². The number of nitrogens with zero attached hydrogens (tertiary/aromatic N) is 1. The normalized spacial score (nSPS) is 21.5. The predicted molar refractivity (Wildman–Crippen MR) is 76.9 cm³/mol. The molecular formula is C13H23N3O3S. The zero-order chi connectivity index (χ0) is 14.8. The molecule has 7 heteroatoms. The summed E-state index contributed by atoms with van der Waals surface area (Å²) in [6.45, 7) is 7.89. The van der Waals surface area contributed by atoms with Crippen molar-refractivity contribution in [2.75, 3.05) is 19.7 Å². The lowest BCUT2D eigenvalue weighted by Crippen LogP contribution is -2.44. The summed E-state index contributed by atoms with van der Waals surface area (Å²) in [5.74, 6) is 0. The summed E-state index contributed by atoms with van der Waals surface area (Å²) in [5.41, 5.74) is 0.874. The number of sulfonamides is 1. The number of ether oxygens (including phenoxy) is 1. The van der Waals surface area contributed by atoms with Crippen LogP contribution in [0.1, 0.15) is 26.5 Å². The van der Waals surface area contributed by atoms with Crippen molar-refractivity contribution < 1.29 is 13.2 Å². The lowest BCUT2D eigenvalue weighted by atomic mass is 10.3. The fourth-order valence-electron chi connectivity index (χ4n) is 2.14. The molecule has 0 spiro atoms. The second kappa shape index (κ2) is 6.26. The van der Waals surface area contributed by atoms with Crippen molar-refractivity contribution in [3.63, 3.8) is 0 Å². The molecule has 0 radical (unpaired) electrons. The van der Waals surface area contributed by atoms with Gasteiger partial charge in [-0.1, -0.05) is 13.8 Å². The van der Waals surface area contributed by atoms with E-state index in [9.17, 15) is 8.42 Å². The summed E-state index contributed by atoms with van der Waals surface area (Å²) in [6.07, 6.45) is 1.51. The molecule has 1 aliphatic rings. The van der Waals surface area contributed by atoms with Crippen LogP contribution in [0.3, 0.4) is 0 Å². The maximum atomic E-state index is 12.5. The monoisotopic (exact) mass is 301 g/mol. The SMILES string of the molecule is CC(C)NCc1cc(S(=O)(=O)N2CCOC(C)C2)c[nH]1. The second-order valence-corrected chi connectivity index (χ2v) is 7.38. The number of hydrogen-bond acceptors (Lipinski definition) is 4. The van der Waals surface area contributed by atoms with Gasteiger partial charge in [0.15, 0.2) is 0 Å². The Kier molecular flexibility index (Phi) is 4.85. The number of hydrogen-bond donors (Lipinski definition) is 2. The molecule has 2 rings (SSSR count). The number of H-pyrrole nitrogens is 1. The molecule has 6 nitrogen and oxygen atoms in total. The molecule has 0 bridgehead atoms. The quantitative estimate of drug-likeness (QED) is 0.848. The summed E-state index contributed by atoms with van der Waals surface area (Å²) >= 11 is 0. The Bertz CT molecular complexity index is 539. The Morgan fingerprint density at radius 1 is 1.55 bits per heavy atom. The fraction of sp³-hybridized carbons (Fsp3) is 0.692. The Morgan fingerprint density at radius 3 is 2.95 bits per heavy atom. The molecule has 0 aliphatic carbocycles. The van der Waals surface area contributed by atoms with Crippen LogP contribution in [0.5, 0.6) is 0 Å². The summed E-state index contributed by atoms with van der Waals surface area (Å²) < 4.78 is 31.9. The summed E-state index contributed by atoms with van der Waals surface area (Å²) in [5, 5.41) is 3.25. The minimum absolute atomic E-state index is 0.0560. The molecule has 0 amide bonds. The third kappa shape index (κ3) is 3.60. The highest BCUT2D eigenvalue weighted by molar-refractivity contribution is 7.89. The average Bonchev–Trinajstić information content (AvgIpc) is 2.86. The van der Waals surface area contributed by atoms with Gasteiger partial charge in [-0.15, -0.1) is 0 Å². The molecule has 1 unspecified atom stereocenters. The molecule has 114 valence electrons. The van der Waals surface area contributed by atoms with E-state index in [0.717, 1.165) is 5.69 Å². The molecule has 2 heterocycles. The Labute approximate surface area is 120 Å². The maximum Gasteiger partial charge on any atom is 0.244 e. The Hall–Kier alpha value is -0.890. The fourth-order valence-corrected chi connectivity index (χ4v) is 3.66. The van der Waals surface area contributed by atoms with Crippen LogP contribution in [-0.4, -0.2) is 49.5 Å². The Morgan fingerprint density at radius 2 is 2.30 bits per heavy atom. The van der Waals surface area contributed by atoms with E-state index in [1.807, 2.05) is 6.92 Å². The van der Waals surface area contributed by atoms with Crippen LogP contribution in [0, 0.1) is 0 Å². The molecule has 1 aromatic rings. The van der Waals surface area contributed by atoms with Crippen LogP contribution in [0.25, 0.3) is 0 Å². The summed E-state index contributed by atoms with van der Waals surface area (Å²) in [4.78, 5) is 3.34. The number of rotatable bonds is 5. The van der Waals surface area contributed by atoms with Gasteiger partial charge < -0.3 is 15.0 Å². The van der Waals surface area contributed by atoms with Crippen LogP contribution >= 0.6 is 0 Å². The number of aromatic nitrogens is 1. The third-order valence-corrected chi connectivity index (χ3v) is 5.10. The van der Waals surface area contributed by atoms with E-state index in [2.05, 4.69) is 24.1 Å². The molecule has 1 saturated heterocycles. The minimum Gasteiger partial charge on any atom is -0.376 e. The standard InChI is InChI=1S/C13H23N3O3S/c1-10(2)14-7-12-6-13(8-15-12)20(17,18)16-4-5-19-11(3)9-16/h6,8,10-11,14-15H,4-5,7,9H2,1-3H3. The van der Waals surface area contributed by atoms with Gasteiger partial charge in [0.05, 0.1) is 17.6 Å². The molecule has 1 aliphatic heterocycles. The molecule has 1 fully saturated rings. The van der Waals surface area contributed by atoms with Crippen LogP contribution in [0.15, 0.2) is 17.2 Å². The van der Waals surface area contributed by atoms with Crippen molar-refractivity contribution in [2.45, 2.75) is 44.4 Å². The number of aromatic amines is 1. The molecule has 1 atom stereocenters. The first kappa shape index (κ1) is 15.5. The van der Waals surface area contributed by atoms with Gasteiger partial charge in [-0.25, -0.2) is 8.42 Å². The highest BCUT2D eigenvalue weighted by Gasteiger charge is 2.29. The van der Waals surface area contributed by atoms with Crippen LogP contribution in [-0.2, 0) is 21.3 Å². The van der Waals surface area contributed by atoms with Crippen molar-refractivity contribution in [2.24, 2.45) is 0 Å². The van der Waals surface area contributed by atoms with Crippen LogP contribution < -0.4 is 5.32 Å². The predicted octanol–water partition coefficient (Wildman–Crippen LogP) is 0.922. The third-order valence-electron chi connectivity index (χ3n) is 3.26. The summed E-state index contributed by atoms with van der Waals surface area (Å²) in [7, 11) is -3.42. The lowest BCUT2D eigenvalue weighted by molar-refractivity contribution is 0.0102. The molecule has 0 saturated carbocycles. The van der Waals surface area contributed by atoms with Crippen molar-refractivity contribution in [1.29, 1.82) is 0 Å². The largest absolute Gasteiger partial charge is 0.376 e. The van der Waals surface area contributed by atoms with Gasteiger partial charge in [0, 0.05) is 37.6 Å². The first-order valence-electron chi connectivity index (χ1n) is 6.92. The second-order valence-electron chi connectivity index (χ2n) is 5.44. The molecule has 0 aromatic carbocycles. The van der Waals surface area contributed by atoms with Crippen molar-refractivity contribution in [3.8, 4) is 0 Å². The first-order valence-corrected chi connectivity index (χ1v) is 8.36. The molecule has 20 heavy (non-hydrogen) atoms. The zero-order valence-corrected chi connectivity index (χ0v) is 13.0. The minimum atomic E-state index is -3.42. The Balaban J connectivity index is 2.09. The molecule has 1 aromatic heterocycles. The number of morpholine rings is 1. The zero-order valence-electron chi connectivity index (χ0n) is 12.2. The van der Waals surface area contributed by atoms with Gasteiger partial charge in [0.2, 0.25) is 10.0 Å². The van der Waals surface area contributed by atoms with E-state index >= 15 is 0 Å². The van der Waals surface area contributed by atoms with E-state index in [1.165, 1.54) is 4.31 Å². The summed E-state index contributed by atoms with van der Waals surface area (Å²) in [6, 6.07) is 2.06. The van der Waals surface area contributed by atoms with Gasteiger partial charge in [-0.05, 0) is 13.0 Å².